The van der Waals surface area contributed by atoms with Crippen molar-refractivity contribution in [1.29, 1.82) is 0 Å². The fraction of sp³-hybridized carbons (Fsp3) is 0.333. The molecule has 0 N–H and O–H groups in total. The van der Waals surface area contributed by atoms with Gasteiger partial charge in [0.15, 0.2) is 0 Å². The predicted octanol–water partition coefficient (Wildman–Crippen LogP) is 5.64. The van der Waals surface area contributed by atoms with E-state index in [4.69, 9.17) is 0 Å². The Balaban J connectivity index is -0.000000205. The summed E-state index contributed by atoms with van der Waals surface area (Å²) in [4.78, 5) is 0. The molecule has 2 rings (SSSR count). The van der Waals surface area contributed by atoms with Crippen LogP contribution in [0.4, 0.5) is 0 Å². The Hall–Kier alpha value is -0.456. The molecule has 0 saturated heterocycles. The van der Waals surface area contributed by atoms with Crippen LogP contribution >= 0.6 is 0 Å². The summed E-state index contributed by atoms with van der Waals surface area (Å²) in [5.74, 6) is 0. The summed E-state index contributed by atoms with van der Waals surface area (Å²) in [6.07, 6.45) is 0. The fourth-order valence-corrected chi connectivity index (χ4v) is 0.940. The molecule has 0 aliphatic heterocycles. The van der Waals surface area contributed by atoms with E-state index in [0.29, 0.717) is 0 Å². The van der Waals surface area contributed by atoms with E-state index < -0.39 is 0 Å². The minimum Gasteiger partial charge on any atom is -0.184 e. The van der Waals surface area contributed by atoms with Gasteiger partial charge in [0.05, 0.1) is 0 Å². The van der Waals surface area contributed by atoms with Gasteiger partial charge in [-0.2, -0.15) is 71.8 Å². The Bertz CT molecular complexity index is 303. The third-order valence-corrected chi connectivity index (χ3v) is 1.77. The van der Waals surface area contributed by atoms with Crippen molar-refractivity contribution in [2.24, 2.45) is 0 Å². The average Bonchev–Trinajstić information content (AvgIpc) is 2.46. The van der Waals surface area contributed by atoms with Crippen molar-refractivity contribution in [2.45, 2.75) is 41.5 Å². The summed E-state index contributed by atoms with van der Waals surface area (Å²) in [7, 11) is 0. The van der Waals surface area contributed by atoms with Gasteiger partial charge in [0, 0.05) is 32.7 Å². The van der Waals surface area contributed by atoms with Crippen LogP contribution in [-0.4, -0.2) is 0 Å². The van der Waals surface area contributed by atoms with Crippen LogP contribution in [0.3, 0.4) is 0 Å². The summed E-state index contributed by atoms with van der Waals surface area (Å²) >= 11 is 0. The molecule has 0 saturated carbocycles. The number of hydrogen-bond acceptors (Lipinski definition) is 0. The number of benzene rings is 2. The molecule has 0 nitrogen and oxygen atoms in total. The minimum atomic E-state index is 0. The molecule has 0 fully saturated rings. The van der Waals surface area contributed by atoms with Gasteiger partial charge in [0.25, 0.3) is 0 Å². The quantitative estimate of drug-likeness (QED) is 0.548. The van der Waals surface area contributed by atoms with E-state index in [2.05, 4.69) is 26.0 Å². The summed E-state index contributed by atoms with van der Waals surface area (Å²) in [6, 6.07) is 21.6. The second-order valence-electron chi connectivity index (χ2n) is 3.15. The van der Waals surface area contributed by atoms with Crippen molar-refractivity contribution in [3.63, 3.8) is 0 Å². The molecule has 1 heteroatoms. The first-order valence-corrected chi connectivity index (χ1v) is 6.64. The van der Waals surface area contributed by atoms with Gasteiger partial charge in [-0.05, 0) is 0 Å². The first-order valence-electron chi connectivity index (χ1n) is 6.64. The molecule has 0 heterocycles. The van der Waals surface area contributed by atoms with Crippen molar-refractivity contribution in [3.05, 3.63) is 71.8 Å². The monoisotopic (exact) mass is 331 g/mol. The van der Waals surface area contributed by atoms with E-state index in [0.717, 1.165) is 0 Å². The van der Waals surface area contributed by atoms with Crippen molar-refractivity contribution >= 4 is 0 Å². The molecule has 0 aliphatic rings. The van der Waals surface area contributed by atoms with Crippen LogP contribution in [0.1, 0.15) is 38.8 Å². The number of hydrogen-bond donors (Lipinski definition) is 0. The van der Waals surface area contributed by atoms with Crippen LogP contribution in [0.15, 0.2) is 48.5 Å². The molecular weight excluding hydrogens is 305 g/mol. The smallest absolute Gasteiger partial charge is 0 e. The van der Waals surface area contributed by atoms with Crippen molar-refractivity contribution in [1.82, 2.24) is 0 Å². The van der Waals surface area contributed by atoms with Gasteiger partial charge in [-0.25, -0.2) is 0 Å². The summed E-state index contributed by atoms with van der Waals surface area (Å²) in [5.41, 5.74) is 2.58. The van der Waals surface area contributed by atoms with E-state index in [1.807, 2.05) is 76.2 Å². The standard InChI is InChI=1S/2C7H7.2C2H6.Y/c2*1-7-5-3-2-4-6-7;2*1-2;/h2*3-6H,1H3;2*1-2H3;/q2*-1;;;. The zero-order valence-corrected chi connectivity index (χ0v) is 16.0. The molecule has 0 amide bonds. The Morgan fingerprint density at radius 2 is 0.789 bits per heavy atom. The average molecular weight is 331 g/mol. The molecule has 0 unspecified atom stereocenters. The molecule has 2 aromatic carbocycles. The van der Waals surface area contributed by atoms with Crippen LogP contribution in [0.2, 0.25) is 0 Å². The summed E-state index contributed by atoms with van der Waals surface area (Å²) < 4.78 is 0. The maximum Gasteiger partial charge on any atom is 0 e. The van der Waals surface area contributed by atoms with Crippen LogP contribution in [-0.2, 0) is 32.7 Å². The van der Waals surface area contributed by atoms with E-state index >= 15 is 0 Å². The van der Waals surface area contributed by atoms with E-state index in [1.165, 1.54) is 11.1 Å². The Kier molecular flexibility index (Phi) is 24.7. The van der Waals surface area contributed by atoms with Gasteiger partial charge in [0.1, 0.15) is 0 Å². The summed E-state index contributed by atoms with van der Waals surface area (Å²) in [5, 5.41) is 0. The van der Waals surface area contributed by atoms with Crippen molar-refractivity contribution < 1.29 is 32.7 Å². The molecule has 0 bridgehead atoms. The number of rotatable bonds is 0. The Morgan fingerprint density at radius 3 is 0.895 bits per heavy atom. The van der Waals surface area contributed by atoms with E-state index in [-0.39, 0.29) is 32.7 Å². The first-order chi connectivity index (χ1) is 8.79. The third kappa shape index (κ3) is 17.5. The van der Waals surface area contributed by atoms with Crippen molar-refractivity contribution in [3.8, 4) is 0 Å². The Labute approximate surface area is 145 Å². The minimum absolute atomic E-state index is 0. The Morgan fingerprint density at radius 1 is 0.579 bits per heavy atom. The van der Waals surface area contributed by atoms with Gasteiger partial charge in [-0.15, -0.1) is 0 Å². The molecule has 1 radical (unpaired) electrons. The zero-order valence-electron chi connectivity index (χ0n) is 13.2. The van der Waals surface area contributed by atoms with Gasteiger partial charge in [0.2, 0.25) is 0 Å². The molecule has 0 aliphatic carbocycles. The molecule has 2 aromatic rings. The molecule has 19 heavy (non-hydrogen) atoms. The third-order valence-electron chi connectivity index (χ3n) is 1.77. The normalized spacial score (nSPS) is 7.05. The first kappa shape index (κ1) is 23.6. The maximum absolute atomic E-state index is 2.93. The van der Waals surface area contributed by atoms with Gasteiger partial charge >= 0.3 is 0 Å². The van der Waals surface area contributed by atoms with Gasteiger partial charge in [-0.1, -0.05) is 41.5 Å². The van der Waals surface area contributed by atoms with E-state index in [9.17, 15) is 0 Å². The second-order valence-corrected chi connectivity index (χ2v) is 3.15. The largest absolute Gasteiger partial charge is 0.184 e. The number of aryl methyl sites for hydroxylation is 2. The van der Waals surface area contributed by atoms with Crippen LogP contribution in [0, 0.1) is 26.0 Å². The zero-order chi connectivity index (χ0) is 14.2. The fourth-order valence-electron chi connectivity index (χ4n) is 0.940. The van der Waals surface area contributed by atoms with E-state index in [1.54, 1.807) is 0 Å². The summed E-state index contributed by atoms with van der Waals surface area (Å²) in [6.45, 7) is 12.1. The van der Waals surface area contributed by atoms with Crippen LogP contribution in [0.25, 0.3) is 0 Å². The molecule has 0 aromatic heterocycles. The maximum atomic E-state index is 2.93. The molecule has 0 spiro atoms. The van der Waals surface area contributed by atoms with Gasteiger partial charge < -0.3 is 0 Å². The predicted molar refractivity (Wildman–Crippen MR) is 82.7 cm³/mol. The molecular formula is C18H26Y-2. The molecule has 0 atom stereocenters. The molecule has 103 valence electrons. The van der Waals surface area contributed by atoms with Crippen LogP contribution < -0.4 is 0 Å². The SMILES string of the molecule is CC.CC.Cc1cc[c-]cc1.Cc1cc[c-]cc1.[Y]. The topological polar surface area (TPSA) is 0 Å². The van der Waals surface area contributed by atoms with Gasteiger partial charge in [-0.3, -0.25) is 0 Å². The van der Waals surface area contributed by atoms with Crippen molar-refractivity contribution in [2.75, 3.05) is 0 Å². The second kappa shape index (κ2) is 19.9. The van der Waals surface area contributed by atoms with Crippen LogP contribution in [0.5, 0.6) is 0 Å².